The predicted molar refractivity (Wildman–Crippen MR) is 77.6 cm³/mol. The zero-order chi connectivity index (χ0) is 15.4. The van der Waals surface area contributed by atoms with Crippen LogP contribution in [-0.4, -0.2) is 47.3 Å². The highest BCUT2D eigenvalue weighted by atomic mass is 32.1. The summed E-state index contributed by atoms with van der Waals surface area (Å²) >= 11 is 4.89. The first-order chi connectivity index (χ1) is 9.97. The molecule has 2 rings (SSSR count). The van der Waals surface area contributed by atoms with E-state index in [1.807, 2.05) is 0 Å². The number of imide groups is 1. The van der Waals surface area contributed by atoms with Gasteiger partial charge in [0.15, 0.2) is 6.61 Å². The minimum Gasteiger partial charge on any atom is -0.483 e. The molecular weight excluding hydrogens is 294 g/mol. The summed E-state index contributed by atoms with van der Waals surface area (Å²) in [4.78, 5) is 35.6. The summed E-state index contributed by atoms with van der Waals surface area (Å²) in [6.45, 7) is -0.629. The van der Waals surface area contributed by atoms with Gasteiger partial charge in [-0.2, -0.15) is 0 Å². The Morgan fingerprint density at radius 3 is 2.52 bits per heavy atom. The number of benzene rings is 1. The minimum absolute atomic E-state index is 0.158. The number of thiocarbonyl (C=S) groups is 1. The Labute approximate surface area is 126 Å². The number of nitrogens with two attached hydrogens (primary N) is 1. The number of para-hydroxylation sites is 1. The van der Waals surface area contributed by atoms with E-state index in [1.165, 1.54) is 0 Å². The van der Waals surface area contributed by atoms with E-state index in [2.05, 4.69) is 5.32 Å². The van der Waals surface area contributed by atoms with E-state index < -0.39 is 17.7 Å². The van der Waals surface area contributed by atoms with E-state index in [9.17, 15) is 14.4 Å². The molecule has 3 N–H and O–H groups in total. The number of nitrogens with one attached hydrogen (secondary N) is 1. The molecule has 1 aliphatic heterocycles. The largest absolute Gasteiger partial charge is 0.483 e. The highest BCUT2D eigenvalue weighted by molar-refractivity contribution is 7.80. The molecule has 0 bridgehead atoms. The molecule has 0 spiro atoms. The van der Waals surface area contributed by atoms with Crippen LogP contribution in [0.4, 0.5) is 0 Å². The van der Waals surface area contributed by atoms with Crippen LogP contribution in [0.25, 0.3) is 0 Å². The number of carbonyl (C=O) groups is 3. The predicted octanol–water partition coefficient (Wildman–Crippen LogP) is -0.815. The molecule has 0 aliphatic carbocycles. The second kappa shape index (κ2) is 6.31. The number of piperazine rings is 1. The number of hydrogen-bond donors (Lipinski definition) is 2. The lowest BCUT2D eigenvalue weighted by atomic mass is 10.2. The van der Waals surface area contributed by atoms with Gasteiger partial charge in [-0.3, -0.25) is 19.7 Å². The zero-order valence-corrected chi connectivity index (χ0v) is 11.8. The molecule has 1 fully saturated rings. The summed E-state index contributed by atoms with van der Waals surface area (Å²) in [6.07, 6.45) is 0. The van der Waals surface area contributed by atoms with E-state index in [-0.39, 0.29) is 24.7 Å². The average molecular weight is 307 g/mol. The Kier molecular flexibility index (Phi) is 4.49. The molecular formula is C13H13N3O4S. The lowest BCUT2D eigenvalue weighted by Gasteiger charge is -2.25. The van der Waals surface area contributed by atoms with Crippen molar-refractivity contribution in [1.82, 2.24) is 10.2 Å². The molecule has 0 atom stereocenters. The topological polar surface area (TPSA) is 102 Å². The molecule has 1 saturated heterocycles. The van der Waals surface area contributed by atoms with Crippen molar-refractivity contribution < 1.29 is 19.1 Å². The molecule has 1 heterocycles. The Balaban J connectivity index is 2.00. The van der Waals surface area contributed by atoms with Gasteiger partial charge in [0.25, 0.3) is 5.91 Å². The maximum Gasteiger partial charge on any atom is 0.261 e. The van der Waals surface area contributed by atoms with Crippen LogP contribution in [0, 0.1) is 0 Å². The highest BCUT2D eigenvalue weighted by Gasteiger charge is 2.26. The van der Waals surface area contributed by atoms with Crippen molar-refractivity contribution >= 4 is 34.9 Å². The summed E-state index contributed by atoms with van der Waals surface area (Å²) < 4.78 is 5.38. The lowest BCUT2D eigenvalue weighted by Crippen LogP contribution is -2.54. The first-order valence-electron chi connectivity index (χ1n) is 6.09. The Morgan fingerprint density at radius 1 is 1.29 bits per heavy atom. The zero-order valence-electron chi connectivity index (χ0n) is 11.0. The third kappa shape index (κ3) is 3.76. The van der Waals surface area contributed by atoms with Crippen molar-refractivity contribution in [3.05, 3.63) is 29.8 Å². The molecule has 0 saturated carbocycles. The molecule has 1 aromatic carbocycles. The van der Waals surface area contributed by atoms with Crippen molar-refractivity contribution in [3.63, 3.8) is 0 Å². The van der Waals surface area contributed by atoms with Gasteiger partial charge >= 0.3 is 0 Å². The number of nitrogens with zero attached hydrogens (tertiary/aromatic N) is 1. The van der Waals surface area contributed by atoms with Gasteiger partial charge in [0.2, 0.25) is 11.8 Å². The molecule has 7 nitrogen and oxygen atoms in total. The van der Waals surface area contributed by atoms with Gasteiger partial charge in [0.05, 0.1) is 5.56 Å². The van der Waals surface area contributed by atoms with Gasteiger partial charge < -0.3 is 15.4 Å². The van der Waals surface area contributed by atoms with Crippen LogP contribution < -0.4 is 15.8 Å². The van der Waals surface area contributed by atoms with E-state index in [0.29, 0.717) is 11.3 Å². The van der Waals surface area contributed by atoms with Gasteiger partial charge in [0.1, 0.15) is 23.8 Å². The van der Waals surface area contributed by atoms with Crippen molar-refractivity contribution in [2.45, 2.75) is 0 Å². The van der Waals surface area contributed by atoms with E-state index in [1.54, 1.807) is 24.3 Å². The van der Waals surface area contributed by atoms with Crippen LogP contribution in [-0.2, 0) is 14.4 Å². The van der Waals surface area contributed by atoms with Crippen LogP contribution in [0.1, 0.15) is 5.56 Å². The molecule has 8 heteroatoms. The number of rotatable bonds is 4. The Morgan fingerprint density at radius 2 is 1.90 bits per heavy atom. The molecule has 1 aromatic rings. The van der Waals surface area contributed by atoms with Gasteiger partial charge in [0, 0.05) is 0 Å². The Hall–Kier alpha value is -2.48. The quantitative estimate of drug-likeness (QED) is 0.557. The molecule has 0 aromatic heterocycles. The number of ether oxygens (including phenoxy) is 1. The summed E-state index contributed by atoms with van der Waals surface area (Å²) in [5.74, 6) is -1.10. The second-order valence-electron chi connectivity index (χ2n) is 4.37. The minimum atomic E-state index is -0.511. The monoisotopic (exact) mass is 307 g/mol. The molecule has 21 heavy (non-hydrogen) atoms. The van der Waals surface area contributed by atoms with Gasteiger partial charge in [-0.1, -0.05) is 24.4 Å². The third-order valence-corrected chi connectivity index (χ3v) is 3.02. The highest BCUT2D eigenvalue weighted by Crippen LogP contribution is 2.17. The van der Waals surface area contributed by atoms with Crippen molar-refractivity contribution in [2.75, 3.05) is 19.7 Å². The van der Waals surface area contributed by atoms with E-state index in [4.69, 9.17) is 22.7 Å². The van der Waals surface area contributed by atoms with Crippen molar-refractivity contribution in [3.8, 4) is 5.75 Å². The molecule has 0 radical (unpaired) electrons. The third-order valence-electron chi connectivity index (χ3n) is 2.80. The maximum absolute atomic E-state index is 11.9. The standard InChI is InChI=1S/C13H13N3O4S/c14-13(21)8-3-1-2-4-9(8)20-7-12(19)16-5-10(17)15-11(18)6-16/h1-4H,5-7H2,(H2,14,21)(H,15,17,18). The molecule has 3 amide bonds. The summed E-state index contributed by atoms with van der Waals surface area (Å²) in [6, 6.07) is 6.78. The van der Waals surface area contributed by atoms with Gasteiger partial charge in [-0.25, -0.2) is 0 Å². The molecule has 110 valence electrons. The first kappa shape index (κ1) is 14.9. The van der Waals surface area contributed by atoms with E-state index in [0.717, 1.165) is 4.90 Å². The Bertz CT molecular complexity index is 601. The second-order valence-corrected chi connectivity index (χ2v) is 4.81. The smallest absolute Gasteiger partial charge is 0.261 e. The van der Waals surface area contributed by atoms with Crippen molar-refractivity contribution in [2.24, 2.45) is 5.73 Å². The van der Waals surface area contributed by atoms with Crippen LogP contribution in [0.2, 0.25) is 0 Å². The fraction of sp³-hybridized carbons (Fsp3) is 0.231. The number of carbonyl (C=O) groups excluding carboxylic acids is 3. The van der Waals surface area contributed by atoms with Crippen molar-refractivity contribution in [1.29, 1.82) is 0 Å². The SMILES string of the molecule is NC(=S)c1ccccc1OCC(=O)N1CC(=O)NC(=O)C1. The first-order valence-corrected chi connectivity index (χ1v) is 6.50. The number of hydrogen-bond acceptors (Lipinski definition) is 5. The summed E-state index contributed by atoms with van der Waals surface area (Å²) in [5, 5.41) is 2.12. The fourth-order valence-corrected chi connectivity index (χ4v) is 2.01. The average Bonchev–Trinajstić information content (AvgIpc) is 2.43. The van der Waals surface area contributed by atoms with Crippen LogP contribution in [0.3, 0.4) is 0 Å². The molecule has 1 aliphatic rings. The summed E-state index contributed by atoms with van der Waals surface area (Å²) in [5.41, 5.74) is 6.08. The summed E-state index contributed by atoms with van der Waals surface area (Å²) in [7, 11) is 0. The van der Waals surface area contributed by atoms with Crippen LogP contribution in [0.5, 0.6) is 5.75 Å². The fourth-order valence-electron chi connectivity index (χ4n) is 1.84. The molecule has 0 unspecified atom stereocenters. The normalized spacial score (nSPS) is 14.6. The van der Waals surface area contributed by atoms with Gasteiger partial charge in [-0.15, -0.1) is 0 Å². The van der Waals surface area contributed by atoms with Crippen LogP contribution >= 0.6 is 12.2 Å². The van der Waals surface area contributed by atoms with Gasteiger partial charge in [-0.05, 0) is 12.1 Å². The number of amides is 3. The van der Waals surface area contributed by atoms with Crippen LogP contribution in [0.15, 0.2) is 24.3 Å². The lowest BCUT2D eigenvalue weighted by molar-refractivity contribution is -0.146. The maximum atomic E-state index is 11.9. The van der Waals surface area contributed by atoms with E-state index >= 15 is 0 Å².